The van der Waals surface area contributed by atoms with Gasteiger partial charge in [0, 0.05) is 17.9 Å². The standard InChI is InChI=1S/C12H17NO2/c1-2-3-8-15-9-12(14)10-4-6-11(13)7-5-10/h4-7H,2-3,8-9,13H2,1H3. The molecule has 1 rings (SSSR count). The lowest BCUT2D eigenvalue weighted by molar-refractivity contribution is 0.0755. The molecule has 1 aromatic carbocycles. The minimum Gasteiger partial charge on any atom is -0.399 e. The molecule has 0 saturated heterocycles. The van der Waals surface area contributed by atoms with E-state index in [0.29, 0.717) is 17.9 Å². The zero-order chi connectivity index (χ0) is 11.1. The molecule has 0 unspecified atom stereocenters. The Kier molecular flexibility index (Phi) is 4.84. The van der Waals surface area contributed by atoms with Crippen LogP contribution >= 0.6 is 0 Å². The molecular weight excluding hydrogens is 190 g/mol. The van der Waals surface area contributed by atoms with Crippen molar-refractivity contribution in [3.8, 4) is 0 Å². The first kappa shape index (κ1) is 11.7. The van der Waals surface area contributed by atoms with Crippen molar-refractivity contribution in [2.45, 2.75) is 19.8 Å². The van der Waals surface area contributed by atoms with Crippen LogP contribution in [-0.2, 0) is 4.74 Å². The maximum absolute atomic E-state index is 11.6. The van der Waals surface area contributed by atoms with Crippen LogP contribution in [0.25, 0.3) is 0 Å². The lowest BCUT2D eigenvalue weighted by Gasteiger charge is -2.03. The Morgan fingerprint density at radius 2 is 2.00 bits per heavy atom. The van der Waals surface area contributed by atoms with E-state index in [0.717, 1.165) is 12.8 Å². The van der Waals surface area contributed by atoms with Gasteiger partial charge in [0.25, 0.3) is 0 Å². The van der Waals surface area contributed by atoms with E-state index in [-0.39, 0.29) is 12.4 Å². The molecule has 1 aromatic rings. The predicted molar refractivity (Wildman–Crippen MR) is 60.9 cm³/mol. The fourth-order valence-corrected chi connectivity index (χ4v) is 1.16. The number of nitrogen functional groups attached to an aromatic ring is 1. The minimum atomic E-state index is 0.00565. The van der Waals surface area contributed by atoms with Crippen molar-refractivity contribution >= 4 is 11.5 Å². The number of rotatable bonds is 6. The largest absolute Gasteiger partial charge is 0.399 e. The molecule has 2 N–H and O–H groups in total. The Morgan fingerprint density at radius 3 is 2.60 bits per heavy atom. The molecule has 0 spiro atoms. The van der Waals surface area contributed by atoms with Crippen LogP contribution < -0.4 is 5.73 Å². The highest BCUT2D eigenvalue weighted by Gasteiger charge is 2.04. The summed E-state index contributed by atoms with van der Waals surface area (Å²) in [6.45, 7) is 2.90. The Balaban J connectivity index is 2.37. The number of anilines is 1. The first-order valence-corrected chi connectivity index (χ1v) is 5.20. The topological polar surface area (TPSA) is 52.3 Å². The molecule has 0 saturated carbocycles. The third-order valence-corrected chi connectivity index (χ3v) is 2.11. The van der Waals surface area contributed by atoms with E-state index in [2.05, 4.69) is 6.92 Å². The average molecular weight is 207 g/mol. The zero-order valence-electron chi connectivity index (χ0n) is 9.03. The van der Waals surface area contributed by atoms with Gasteiger partial charge in [0.2, 0.25) is 0 Å². The predicted octanol–water partition coefficient (Wildman–Crippen LogP) is 2.27. The van der Waals surface area contributed by atoms with E-state index in [1.807, 2.05) is 0 Å². The van der Waals surface area contributed by atoms with Crippen molar-refractivity contribution in [2.24, 2.45) is 0 Å². The average Bonchev–Trinajstić information content (AvgIpc) is 2.25. The van der Waals surface area contributed by atoms with Crippen LogP contribution in [0.2, 0.25) is 0 Å². The van der Waals surface area contributed by atoms with Crippen molar-refractivity contribution in [1.29, 1.82) is 0 Å². The normalized spacial score (nSPS) is 10.2. The summed E-state index contributed by atoms with van der Waals surface area (Å²) in [4.78, 5) is 11.6. The summed E-state index contributed by atoms with van der Waals surface area (Å²) in [6.07, 6.45) is 2.07. The van der Waals surface area contributed by atoms with Gasteiger partial charge in [-0.3, -0.25) is 4.79 Å². The number of hydrogen-bond donors (Lipinski definition) is 1. The number of ketones is 1. The maximum Gasteiger partial charge on any atom is 0.188 e. The van der Waals surface area contributed by atoms with Gasteiger partial charge in [-0.2, -0.15) is 0 Å². The number of nitrogens with two attached hydrogens (primary N) is 1. The monoisotopic (exact) mass is 207 g/mol. The van der Waals surface area contributed by atoms with Crippen LogP contribution in [0, 0.1) is 0 Å². The Morgan fingerprint density at radius 1 is 1.33 bits per heavy atom. The van der Waals surface area contributed by atoms with Crippen molar-refractivity contribution in [3.05, 3.63) is 29.8 Å². The number of ether oxygens (including phenoxy) is 1. The third kappa shape index (κ3) is 4.13. The van der Waals surface area contributed by atoms with Gasteiger partial charge in [0.15, 0.2) is 5.78 Å². The fourth-order valence-electron chi connectivity index (χ4n) is 1.16. The van der Waals surface area contributed by atoms with Crippen LogP contribution in [0.3, 0.4) is 0 Å². The number of Topliss-reactive ketones (excluding diaryl/α,β-unsaturated/α-hetero) is 1. The molecule has 0 radical (unpaired) electrons. The minimum absolute atomic E-state index is 0.00565. The van der Waals surface area contributed by atoms with Crippen LogP contribution in [0.4, 0.5) is 5.69 Å². The van der Waals surface area contributed by atoms with Gasteiger partial charge in [-0.15, -0.1) is 0 Å². The smallest absolute Gasteiger partial charge is 0.188 e. The molecular formula is C12H17NO2. The van der Waals surface area contributed by atoms with Gasteiger partial charge in [0.1, 0.15) is 6.61 Å². The number of hydrogen-bond acceptors (Lipinski definition) is 3. The van der Waals surface area contributed by atoms with E-state index in [1.54, 1.807) is 24.3 Å². The second-order valence-corrected chi connectivity index (χ2v) is 3.45. The molecule has 3 nitrogen and oxygen atoms in total. The van der Waals surface area contributed by atoms with Crippen LogP contribution in [-0.4, -0.2) is 19.0 Å². The summed E-state index contributed by atoms with van der Waals surface area (Å²) < 4.78 is 5.24. The second-order valence-electron chi connectivity index (χ2n) is 3.45. The first-order valence-electron chi connectivity index (χ1n) is 5.20. The summed E-state index contributed by atoms with van der Waals surface area (Å²) in [5, 5.41) is 0. The highest BCUT2D eigenvalue weighted by molar-refractivity contribution is 5.97. The highest BCUT2D eigenvalue weighted by atomic mass is 16.5. The van der Waals surface area contributed by atoms with E-state index < -0.39 is 0 Å². The van der Waals surface area contributed by atoms with Gasteiger partial charge in [0.05, 0.1) is 0 Å². The van der Waals surface area contributed by atoms with E-state index in [1.165, 1.54) is 0 Å². The van der Waals surface area contributed by atoms with E-state index in [4.69, 9.17) is 10.5 Å². The van der Waals surface area contributed by atoms with Crippen molar-refractivity contribution in [3.63, 3.8) is 0 Å². The van der Waals surface area contributed by atoms with E-state index in [9.17, 15) is 4.79 Å². The summed E-state index contributed by atoms with van der Waals surface area (Å²) in [5.41, 5.74) is 6.84. The molecule has 0 aromatic heterocycles. The maximum atomic E-state index is 11.6. The summed E-state index contributed by atoms with van der Waals surface area (Å²) in [5.74, 6) is 0.00565. The van der Waals surface area contributed by atoms with Crippen LogP contribution in [0.1, 0.15) is 30.1 Å². The van der Waals surface area contributed by atoms with Crippen LogP contribution in [0.5, 0.6) is 0 Å². The van der Waals surface area contributed by atoms with Gasteiger partial charge < -0.3 is 10.5 Å². The third-order valence-electron chi connectivity index (χ3n) is 2.11. The number of benzene rings is 1. The molecule has 3 heteroatoms. The molecule has 0 atom stereocenters. The van der Waals surface area contributed by atoms with Gasteiger partial charge in [-0.05, 0) is 30.7 Å². The molecule has 82 valence electrons. The van der Waals surface area contributed by atoms with Crippen molar-refractivity contribution < 1.29 is 9.53 Å². The molecule has 0 heterocycles. The van der Waals surface area contributed by atoms with Crippen LogP contribution in [0.15, 0.2) is 24.3 Å². The van der Waals surface area contributed by atoms with Gasteiger partial charge in [-0.1, -0.05) is 13.3 Å². The quantitative estimate of drug-likeness (QED) is 0.442. The number of carbonyl (C=O) groups excluding carboxylic acids is 1. The zero-order valence-corrected chi connectivity index (χ0v) is 9.03. The number of carbonyl (C=O) groups is 1. The molecule has 0 aliphatic carbocycles. The molecule has 0 fully saturated rings. The van der Waals surface area contributed by atoms with Crippen molar-refractivity contribution in [1.82, 2.24) is 0 Å². The lowest BCUT2D eigenvalue weighted by atomic mass is 10.1. The molecule has 0 aliphatic rings. The fraction of sp³-hybridized carbons (Fsp3) is 0.417. The van der Waals surface area contributed by atoms with Gasteiger partial charge >= 0.3 is 0 Å². The second kappa shape index (κ2) is 6.19. The van der Waals surface area contributed by atoms with Crippen molar-refractivity contribution in [2.75, 3.05) is 18.9 Å². The number of unbranched alkanes of at least 4 members (excludes halogenated alkanes) is 1. The summed E-state index contributed by atoms with van der Waals surface area (Å²) in [6, 6.07) is 6.89. The molecule has 0 aliphatic heterocycles. The Bertz CT molecular complexity index is 306. The van der Waals surface area contributed by atoms with Gasteiger partial charge in [-0.25, -0.2) is 0 Å². The summed E-state index contributed by atoms with van der Waals surface area (Å²) >= 11 is 0. The highest BCUT2D eigenvalue weighted by Crippen LogP contribution is 2.06. The Hall–Kier alpha value is -1.35. The summed E-state index contributed by atoms with van der Waals surface area (Å²) in [7, 11) is 0. The molecule has 0 amide bonds. The lowest BCUT2D eigenvalue weighted by Crippen LogP contribution is -2.09. The molecule has 15 heavy (non-hydrogen) atoms. The van der Waals surface area contributed by atoms with E-state index >= 15 is 0 Å². The first-order chi connectivity index (χ1) is 7.24. The molecule has 0 bridgehead atoms. The SMILES string of the molecule is CCCCOCC(=O)c1ccc(N)cc1. The Labute approximate surface area is 90.2 Å².